The van der Waals surface area contributed by atoms with E-state index in [0.29, 0.717) is 5.92 Å². The topological polar surface area (TPSA) is 40.1 Å². The third-order valence-corrected chi connectivity index (χ3v) is 5.41. The molecule has 6 heteroatoms. The van der Waals surface area contributed by atoms with E-state index in [1.165, 1.54) is 58.2 Å². The third kappa shape index (κ3) is 8.91. The molecule has 1 unspecified atom stereocenters. The Morgan fingerprint density at radius 1 is 1.24 bits per heavy atom. The van der Waals surface area contributed by atoms with Crippen molar-refractivity contribution in [3.8, 4) is 0 Å². The fourth-order valence-electron chi connectivity index (χ4n) is 3.81. The van der Waals surface area contributed by atoms with Crippen LogP contribution in [0.25, 0.3) is 0 Å². The molecule has 2 aliphatic heterocycles. The van der Waals surface area contributed by atoms with Crippen molar-refractivity contribution in [3.63, 3.8) is 0 Å². The Labute approximate surface area is 172 Å². The lowest BCUT2D eigenvalue weighted by Crippen LogP contribution is -2.43. The van der Waals surface area contributed by atoms with Gasteiger partial charge in [-0.05, 0) is 57.0 Å². The van der Waals surface area contributed by atoms with Crippen LogP contribution in [0.1, 0.15) is 45.4 Å². The van der Waals surface area contributed by atoms with Crippen LogP contribution in [0.5, 0.6) is 0 Å². The lowest BCUT2D eigenvalue weighted by atomic mass is 9.96. The summed E-state index contributed by atoms with van der Waals surface area (Å²) in [5.41, 5.74) is 0. The number of rotatable bonds is 7. The zero-order valence-electron chi connectivity index (χ0n) is 16.5. The average Bonchev–Trinajstić information content (AvgIpc) is 2.62. The van der Waals surface area contributed by atoms with Crippen LogP contribution in [0.2, 0.25) is 0 Å². The Morgan fingerprint density at radius 2 is 1.92 bits per heavy atom. The van der Waals surface area contributed by atoms with Gasteiger partial charge in [0, 0.05) is 46.9 Å². The summed E-state index contributed by atoms with van der Waals surface area (Å²) >= 11 is 0. The van der Waals surface area contributed by atoms with E-state index < -0.39 is 0 Å². The standard InChI is InChI=1S/C19H38N4O.HI/c1-17(16-23-10-5-4-6-11-23)15-21-19(20-2)22(3)12-7-18-8-13-24-14-9-18;/h17-18H,4-16H2,1-3H3,(H,20,21);1H. The van der Waals surface area contributed by atoms with Gasteiger partial charge in [0.05, 0.1) is 0 Å². The second-order valence-corrected chi connectivity index (χ2v) is 7.66. The van der Waals surface area contributed by atoms with Crippen molar-refractivity contribution < 1.29 is 4.74 Å². The van der Waals surface area contributed by atoms with Gasteiger partial charge >= 0.3 is 0 Å². The van der Waals surface area contributed by atoms with Gasteiger partial charge in [-0.15, -0.1) is 24.0 Å². The van der Waals surface area contributed by atoms with Gasteiger partial charge in [0.2, 0.25) is 0 Å². The molecule has 0 aromatic heterocycles. The maximum atomic E-state index is 5.45. The minimum absolute atomic E-state index is 0. The van der Waals surface area contributed by atoms with Crippen LogP contribution in [0.15, 0.2) is 4.99 Å². The summed E-state index contributed by atoms with van der Waals surface area (Å²) in [4.78, 5) is 9.36. The number of hydrogen-bond acceptors (Lipinski definition) is 3. The van der Waals surface area contributed by atoms with Crippen LogP contribution < -0.4 is 5.32 Å². The van der Waals surface area contributed by atoms with Gasteiger partial charge in [-0.3, -0.25) is 4.99 Å². The summed E-state index contributed by atoms with van der Waals surface area (Å²) in [6.45, 7) is 10.1. The van der Waals surface area contributed by atoms with E-state index in [2.05, 4.69) is 34.1 Å². The molecule has 0 radical (unpaired) electrons. The molecule has 148 valence electrons. The Bertz CT molecular complexity index is 368. The Morgan fingerprint density at radius 3 is 2.56 bits per heavy atom. The van der Waals surface area contributed by atoms with E-state index in [-0.39, 0.29) is 24.0 Å². The lowest BCUT2D eigenvalue weighted by molar-refractivity contribution is 0.0625. The molecule has 0 bridgehead atoms. The van der Waals surface area contributed by atoms with Crippen LogP contribution in [0, 0.1) is 11.8 Å². The Hall–Kier alpha value is -0.0800. The van der Waals surface area contributed by atoms with Gasteiger partial charge < -0.3 is 19.9 Å². The van der Waals surface area contributed by atoms with Crippen molar-refractivity contribution in [1.29, 1.82) is 0 Å². The van der Waals surface area contributed by atoms with Crippen molar-refractivity contribution in [2.45, 2.75) is 45.4 Å². The average molecular weight is 466 g/mol. The highest BCUT2D eigenvalue weighted by atomic mass is 127. The van der Waals surface area contributed by atoms with Gasteiger partial charge in [0.15, 0.2) is 5.96 Å². The molecule has 2 aliphatic rings. The number of halogens is 1. The largest absolute Gasteiger partial charge is 0.381 e. The molecule has 2 heterocycles. The monoisotopic (exact) mass is 466 g/mol. The molecule has 5 nitrogen and oxygen atoms in total. The molecule has 0 spiro atoms. The smallest absolute Gasteiger partial charge is 0.193 e. The van der Waals surface area contributed by atoms with Crippen molar-refractivity contribution >= 4 is 29.9 Å². The van der Waals surface area contributed by atoms with E-state index in [1.807, 2.05) is 7.05 Å². The number of nitrogens with one attached hydrogen (secondary N) is 1. The minimum atomic E-state index is 0. The summed E-state index contributed by atoms with van der Waals surface area (Å²) in [6, 6.07) is 0. The van der Waals surface area contributed by atoms with Gasteiger partial charge in [0.1, 0.15) is 0 Å². The Balaban J connectivity index is 0.00000312. The van der Waals surface area contributed by atoms with Crippen LogP contribution in [0.4, 0.5) is 0 Å². The molecule has 0 amide bonds. The summed E-state index contributed by atoms with van der Waals surface area (Å²) < 4.78 is 5.45. The van der Waals surface area contributed by atoms with Gasteiger partial charge in [-0.2, -0.15) is 0 Å². The fourth-order valence-corrected chi connectivity index (χ4v) is 3.81. The van der Waals surface area contributed by atoms with Gasteiger partial charge in [-0.25, -0.2) is 0 Å². The van der Waals surface area contributed by atoms with Crippen LogP contribution in [0.3, 0.4) is 0 Å². The first kappa shape index (κ1) is 23.0. The van der Waals surface area contributed by atoms with Crippen molar-refractivity contribution in [3.05, 3.63) is 0 Å². The number of likely N-dealkylation sites (tertiary alicyclic amines) is 1. The molecule has 2 fully saturated rings. The summed E-state index contributed by atoms with van der Waals surface area (Å²) in [6.07, 6.45) is 7.82. The van der Waals surface area contributed by atoms with E-state index in [4.69, 9.17) is 4.74 Å². The molecule has 0 aromatic carbocycles. The van der Waals surface area contributed by atoms with E-state index >= 15 is 0 Å². The second kappa shape index (κ2) is 13.1. The number of hydrogen-bond donors (Lipinski definition) is 1. The molecule has 2 rings (SSSR count). The van der Waals surface area contributed by atoms with E-state index in [0.717, 1.165) is 38.2 Å². The predicted molar refractivity (Wildman–Crippen MR) is 117 cm³/mol. The van der Waals surface area contributed by atoms with Gasteiger partial charge in [0.25, 0.3) is 0 Å². The first-order valence-electron chi connectivity index (χ1n) is 9.91. The number of aliphatic imine (C=N–C) groups is 1. The lowest BCUT2D eigenvalue weighted by Gasteiger charge is -2.30. The quantitative estimate of drug-likeness (QED) is 0.356. The third-order valence-electron chi connectivity index (χ3n) is 5.41. The zero-order valence-corrected chi connectivity index (χ0v) is 18.8. The maximum absolute atomic E-state index is 5.45. The highest BCUT2D eigenvalue weighted by Gasteiger charge is 2.17. The highest BCUT2D eigenvalue weighted by molar-refractivity contribution is 14.0. The van der Waals surface area contributed by atoms with Crippen LogP contribution in [-0.4, -0.2) is 75.8 Å². The number of piperidine rings is 1. The molecule has 25 heavy (non-hydrogen) atoms. The summed E-state index contributed by atoms with van der Waals surface area (Å²) in [5.74, 6) is 2.51. The second-order valence-electron chi connectivity index (χ2n) is 7.66. The normalized spacial score (nSPS) is 21.5. The van der Waals surface area contributed by atoms with E-state index in [9.17, 15) is 0 Å². The van der Waals surface area contributed by atoms with Crippen molar-refractivity contribution in [2.24, 2.45) is 16.8 Å². The molecular formula is C19H39IN4O. The molecule has 0 aliphatic carbocycles. The first-order chi connectivity index (χ1) is 11.7. The zero-order chi connectivity index (χ0) is 17.2. The van der Waals surface area contributed by atoms with Crippen molar-refractivity contribution in [1.82, 2.24) is 15.1 Å². The molecule has 1 atom stereocenters. The summed E-state index contributed by atoms with van der Waals surface area (Å²) in [7, 11) is 4.05. The predicted octanol–water partition coefficient (Wildman–Crippen LogP) is 3.05. The van der Waals surface area contributed by atoms with Gasteiger partial charge in [-0.1, -0.05) is 13.3 Å². The van der Waals surface area contributed by atoms with Crippen molar-refractivity contribution in [2.75, 3.05) is 60.0 Å². The molecular weight excluding hydrogens is 427 g/mol. The van der Waals surface area contributed by atoms with E-state index in [1.54, 1.807) is 0 Å². The number of nitrogens with zero attached hydrogens (tertiary/aromatic N) is 3. The van der Waals surface area contributed by atoms with Crippen LogP contribution in [-0.2, 0) is 4.74 Å². The molecule has 1 N–H and O–H groups in total. The molecule has 0 saturated carbocycles. The summed E-state index contributed by atoms with van der Waals surface area (Å²) in [5, 5.41) is 3.57. The Kier molecular flexibility index (Phi) is 12.1. The maximum Gasteiger partial charge on any atom is 0.193 e. The SMILES string of the molecule is CN=C(NCC(C)CN1CCCCC1)N(C)CCC1CCOCC1.I. The molecule has 2 saturated heterocycles. The number of ether oxygens (including phenoxy) is 1. The minimum Gasteiger partial charge on any atom is -0.381 e. The highest BCUT2D eigenvalue weighted by Crippen LogP contribution is 2.18. The number of guanidine groups is 1. The fraction of sp³-hybridized carbons (Fsp3) is 0.947. The van der Waals surface area contributed by atoms with Crippen LogP contribution >= 0.6 is 24.0 Å². The molecule has 0 aromatic rings. The first-order valence-corrected chi connectivity index (χ1v) is 9.91.